The molecule has 0 aliphatic carbocycles. The number of aliphatic hydroxyl groups excluding tert-OH is 1. The summed E-state index contributed by atoms with van der Waals surface area (Å²) in [5.74, 6) is 2.45. The Hall–Kier alpha value is 0.270. The summed E-state index contributed by atoms with van der Waals surface area (Å²) < 4.78 is 0. The first-order chi connectivity index (χ1) is 6.62. The molecule has 3 N–H and O–H groups in total. The van der Waals surface area contributed by atoms with Gasteiger partial charge in [0.2, 0.25) is 0 Å². The second-order valence-corrected chi connectivity index (χ2v) is 5.46. The molecule has 0 fully saturated rings. The molecule has 0 aromatic heterocycles. The molecule has 0 saturated heterocycles. The van der Waals surface area contributed by atoms with E-state index in [-0.39, 0.29) is 12.1 Å². The third kappa shape index (κ3) is 8.85. The minimum atomic E-state index is -0.371. The molecule has 0 heterocycles. The average molecular weight is 219 g/mol. The summed E-state index contributed by atoms with van der Waals surface area (Å²) in [4.78, 5) is 0. The van der Waals surface area contributed by atoms with Gasteiger partial charge < -0.3 is 10.8 Å². The third-order valence-electron chi connectivity index (χ3n) is 2.29. The van der Waals surface area contributed by atoms with Crippen LogP contribution in [-0.4, -0.2) is 28.8 Å². The Morgan fingerprint density at radius 1 is 1.21 bits per heavy atom. The van der Waals surface area contributed by atoms with Crippen LogP contribution in [0.4, 0.5) is 0 Å². The first-order valence-corrected chi connectivity index (χ1v) is 6.75. The van der Waals surface area contributed by atoms with Crippen LogP contribution in [0.15, 0.2) is 0 Å². The van der Waals surface area contributed by atoms with Crippen LogP contribution in [0.5, 0.6) is 0 Å². The van der Waals surface area contributed by atoms with E-state index in [1.54, 1.807) is 0 Å². The second-order valence-electron chi connectivity index (χ2n) is 4.24. The van der Waals surface area contributed by atoms with Crippen molar-refractivity contribution in [1.82, 2.24) is 0 Å². The van der Waals surface area contributed by atoms with Crippen molar-refractivity contribution < 1.29 is 5.11 Å². The molecule has 0 aliphatic rings. The third-order valence-corrected chi connectivity index (χ3v) is 3.44. The number of thioether (sulfide) groups is 1. The van der Waals surface area contributed by atoms with E-state index in [4.69, 9.17) is 10.8 Å². The van der Waals surface area contributed by atoms with E-state index in [9.17, 15) is 0 Å². The molecule has 0 aliphatic heterocycles. The van der Waals surface area contributed by atoms with E-state index in [1.807, 2.05) is 18.7 Å². The van der Waals surface area contributed by atoms with Crippen LogP contribution in [0.2, 0.25) is 0 Å². The Kier molecular flexibility index (Phi) is 8.73. The maximum atomic E-state index is 8.93. The Morgan fingerprint density at radius 2 is 1.86 bits per heavy atom. The van der Waals surface area contributed by atoms with Crippen LogP contribution in [0.3, 0.4) is 0 Å². The van der Waals surface area contributed by atoms with Crippen LogP contribution in [0.25, 0.3) is 0 Å². The summed E-state index contributed by atoms with van der Waals surface area (Å²) in [6.45, 7) is 4.23. The lowest BCUT2D eigenvalue weighted by Gasteiger charge is -2.20. The summed E-state index contributed by atoms with van der Waals surface area (Å²) in [6, 6.07) is 0. The van der Waals surface area contributed by atoms with Crippen molar-refractivity contribution in [3.63, 3.8) is 0 Å². The van der Waals surface area contributed by atoms with E-state index >= 15 is 0 Å². The lowest BCUT2D eigenvalue weighted by atomic mass is 9.99. The van der Waals surface area contributed by atoms with Crippen LogP contribution < -0.4 is 5.73 Å². The largest absolute Gasteiger partial charge is 0.394 e. The smallest absolute Gasteiger partial charge is 0.0608 e. The van der Waals surface area contributed by atoms with Gasteiger partial charge in [0.15, 0.2) is 0 Å². The molecule has 0 saturated carbocycles. The molecule has 1 unspecified atom stereocenters. The van der Waals surface area contributed by atoms with Crippen molar-refractivity contribution in [3.8, 4) is 0 Å². The second kappa shape index (κ2) is 8.57. The summed E-state index contributed by atoms with van der Waals surface area (Å²) in [7, 11) is 0. The summed E-state index contributed by atoms with van der Waals surface area (Å²) in [6.07, 6.45) is 6.01. The van der Waals surface area contributed by atoms with Gasteiger partial charge in [0.1, 0.15) is 0 Å². The zero-order chi connectivity index (χ0) is 10.9. The Morgan fingerprint density at radius 3 is 2.43 bits per heavy atom. The summed E-state index contributed by atoms with van der Waals surface area (Å²) in [5.41, 5.74) is 5.45. The molecule has 1 atom stereocenters. The van der Waals surface area contributed by atoms with Crippen molar-refractivity contribution in [2.45, 2.75) is 51.5 Å². The van der Waals surface area contributed by atoms with E-state index in [2.05, 4.69) is 6.92 Å². The first-order valence-electron chi connectivity index (χ1n) is 5.60. The highest BCUT2D eigenvalue weighted by Gasteiger charge is 2.15. The quantitative estimate of drug-likeness (QED) is 0.585. The minimum Gasteiger partial charge on any atom is -0.394 e. The molecule has 0 aromatic rings. The van der Waals surface area contributed by atoms with Gasteiger partial charge in [0, 0.05) is 5.54 Å². The fourth-order valence-corrected chi connectivity index (χ4v) is 2.17. The zero-order valence-corrected chi connectivity index (χ0v) is 10.4. The van der Waals surface area contributed by atoms with E-state index in [0.29, 0.717) is 0 Å². The van der Waals surface area contributed by atoms with E-state index < -0.39 is 0 Å². The predicted octanol–water partition coefficient (Wildman–Crippen LogP) is 2.40. The highest BCUT2D eigenvalue weighted by molar-refractivity contribution is 7.99. The molecular formula is C11H25NOS. The van der Waals surface area contributed by atoms with Crippen molar-refractivity contribution in [2.24, 2.45) is 5.73 Å². The molecule has 86 valence electrons. The van der Waals surface area contributed by atoms with E-state index in [0.717, 1.165) is 12.8 Å². The van der Waals surface area contributed by atoms with Gasteiger partial charge in [0.25, 0.3) is 0 Å². The average Bonchev–Trinajstić information content (AvgIpc) is 2.16. The Balaban J connectivity index is 3.13. The van der Waals surface area contributed by atoms with Crippen LogP contribution >= 0.6 is 11.8 Å². The number of unbranched alkanes of at least 4 members (excludes halogenated alkanes) is 2. The molecule has 0 bridgehead atoms. The molecule has 0 rings (SSSR count). The van der Waals surface area contributed by atoms with Gasteiger partial charge in [0.05, 0.1) is 6.61 Å². The lowest BCUT2D eigenvalue weighted by molar-refractivity contribution is 0.200. The molecule has 0 aromatic carbocycles. The monoisotopic (exact) mass is 219 g/mol. The number of hydrogen-bond donors (Lipinski definition) is 2. The van der Waals surface area contributed by atoms with Crippen LogP contribution in [0, 0.1) is 0 Å². The molecule has 2 nitrogen and oxygen atoms in total. The highest BCUT2D eigenvalue weighted by atomic mass is 32.2. The summed E-state index contributed by atoms with van der Waals surface area (Å²) in [5, 5.41) is 8.93. The van der Waals surface area contributed by atoms with Crippen LogP contribution in [-0.2, 0) is 0 Å². The van der Waals surface area contributed by atoms with Gasteiger partial charge in [-0.1, -0.05) is 19.8 Å². The van der Waals surface area contributed by atoms with Crippen LogP contribution in [0.1, 0.15) is 46.0 Å². The SMILES string of the molecule is CCCCCSCCCC(C)(N)CO. The Labute approximate surface area is 92.6 Å². The lowest BCUT2D eigenvalue weighted by Crippen LogP contribution is -2.40. The fraction of sp³-hybridized carbons (Fsp3) is 1.00. The van der Waals surface area contributed by atoms with Crippen molar-refractivity contribution in [2.75, 3.05) is 18.1 Å². The predicted molar refractivity (Wildman–Crippen MR) is 65.8 cm³/mol. The molecular weight excluding hydrogens is 194 g/mol. The zero-order valence-electron chi connectivity index (χ0n) is 9.59. The molecule has 0 radical (unpaired) electrons. The molecule has 0 amide bonds. The van der Waals surface area contributed by atoms with Crippen molar-refractivity contribution in [1.29, 1.82) is 0 Å². The van der Waals surface area contributed by atoms with Crippen molar-refractivity contribution in [3.05, 3.63) is 0 Å². The normalized spacial score (nSPS) is 15.4. The maximum Gasteiger partial charge on any atom is 0.0608 e. The fourth-order valence-electron chi connectivity index (χ4n) is 1.21. The highest BCUT2D eigenvalue weighted by Crippen LogP contribution is 2.13. The van der Waals surface area contributed by atoms with Gasteiger partial charge in [-0.2, -0.15) is 11.8 Å². The standard InChI is InChI=1S/C11H25NOS/c1-3-4-5-8-14-9-6-7-11(2,12)10-13/h13H,3-10,12H2,1-2H3. The number of hydrogen-bond acceptors (Lipinski definition) is 3. The topological polar surface area (TPSA) is 46.2 Å². The van der Waals surface area contributed by atoms with Gasteiger partial charge >= 0.3 is 0 Å². The van der Waals surface area contributed by atoms with E-state index in [1.165, 1.54) is 30.8 Å². The maximum absolute atomic E-state index is 8.93. The molecule has 3 heteroatoms. The van der Waals surface area contributed by atoms with Crippen molar-refractivity contribution >= 4 is 11.8 Å². The van der Waals surface area contributed by atoms with Gasteiger partial charge in [-0.15, -0.1) is 0 Å². The summed E-state index contributed by atoms with van der Waals surface area (Å²) >= 11 is 2.01. The molecule has 0 spiro atoms. The number of nitrogens with two attached hydrogens (primary N) is 1. The first kappa shape index (κ1) is 14.3. The van der Waals surface area contributed by atoms with Gasteiger partial charge in [-0.05, 0) is 37.7 Å². The number of rotatable bonds is 9. The Bertz CT molecular complexity index is 128. The number of aliphatic hydroxyl groups is 1. The minimum absolute atomic E-state index is 0.0908. The molecule has 14 heavy (non-hydrogen) atoms. The van der Waals surface area contributed by atoms with Gasteiger partial charge in [-0.25, -0.2) is 0 Å². The van der Waals surface area contributed by atoms with Gasteiger partial charge in [-0.3, -0.25) is 0 Å².